The maximum Gasteiger partial charge on any atom is 0.408 e. The Bertz CT molecular complexity index is 2240. The molecule has 5 atom stereocenters. The molecule has 2 aromatic rings. The van der Waals surface area contributed by atoms with Crippen LogP contribution in [0.2, 0.25) is 0 Å². The molecule has 0 unspecified atom stereocenters. The molecule has 0 bridgehead atoms. The Kier molecular flexibility index (Phi) is 11.3. The molecule has 3 aliphatic heterocycles. The first-order chi connectivity index (χ1) is 28.9. The van der Waals surface area contributed by atoms with Gasteiger partial charge in [-0.3, -0.25) is 19.1 Å². The molecule has 1 spiro atoms. The highest BCUT2D eigenvalue weighted by molar-refractivity contribution is 7.91. The van der Waals surface area contributed by atoms with Gasteiger partial charge < -0.3 is 29.7 Å². The number of fused-ring (bicyclic) bond motifs is 5. The molecule has 1 aromatic heterocycles. The molecule has 4 amide bonds. The van der Waals surface area contributed by atoms with E-state index >= 15 is 8.78 Å². The maximum atomic E-state index is 17.1. The standard InChI is InChI=1S/C44H57F2N5O9S/c1-26(2)35-36-34(30-22-29(58-4)16-17-31(30)47-35)44(45,46)24-42(60-36)23-33-37(52)49-43(39(54)50-61(56,57)41(3)20-21-41)19-18-27(43)12-8-6-5-7-9-15-32(38(53)51(33)25-42)48-40(55)59-28-13-10-11-14-28/h8,12,16-17,22,26-28,32-33H,5-7,9-11,13-15,18-21,23-25H2,1-4H3,(H,48,55)(H,49,52)(H,50,54)/b12-8-/t27-,32+,33+,42+,43-/m1/s1. The molecule has 8 rings (SSSR count). The fourth-order valence-electron chi connectivity index (χ4n) is 9.87. The van der Waals surface area contributed by atoms with E-state index < -0.39 is 86.6 Å². The molecule has 14 nitrogen and oxygen atoms in total. The average molecular weight is 870 g/mol. The number of carbonyl (C=O) groups is 4. The Labute approximate surface area is 355 Å². The van der Waals surface area contributed by atoms with Crippen LogP contribution >= 0.6 is 0 Å². The second-order valence-electron chi connectivity index (χ2n) is 18.7. The van der Waals surface area contributed by atoms with E-state index in [0.29, 0.717) is 62.6 Å². The highest BCUT2D eigenvalue weighted by Gasteiger charge is 2.62. The fourth-order valence-corrected chi connectivity index (χ4v) is 11.2. The number of hydrogen-bond acceptors (Lipinski definition) is 10. The molecule has 61 heavy (non-hydrogen) atoms. The largest absolute Gasteiger partial charge is 0.497 e. The third-order valence-corrected chi connectivity index (χ3v) is 16.1. The zero-order valence-electron chi connectivity index (χ0n) is 35.3. The van der Waals surface area contributed by atoms with Gasteiger partial charge in [-0.1, -0.05) is 38.8 Å². The van der Waals surface area contributed by atoms with Gasteiger partial charge in [-0.05, 0) is 102 Å². The summed E-state index contributed by atoms with van der Waals surface area (Å²) in [5, 5.41) is 5.78. The van der Waals surface area contributed by atoms with E-state index in [1.807, 2.05) is 26.0 Å². The molecule has 3 N–H and O–H groups in total. The van der Waals surface area contributed by atoms with Crippen LogP contribution in [-0.4, -0.2) is 89.8 Å². The number of alkyl carbamates (subject to hydrolysis) is 1. The van der Waals surface area contributed by atoms with Crippen LogP contribution in [0.5, 0.6) is 11.5 Å². The number of benzene rings is 1. The van der Waals surface area contributed by atoms with Crippen molar-refractivity contribution in [3.05, 3.63) is 41.6 Å². The average Bonchev–Trinajstić information content (AvgIpc) is 3.58. The minimum absolute atomic E-state index is 0.108. The second kappa shape index (κ2) is 16.0. The summed E-state index contributed by atoms with van der Waals surface area (Å²) in [5.74, 6) is -6.63. The first-order valence-electron chi connectivity index (χ1n) is 21.8. The summed E-state index contributed by atoms with van der Waals surface area (Å²) < 4.78 is 80.0. The first kappa shape index (κ1) is 43.1. The number of amides is 4. The highest BCUT2D eigenvalue weighted by atomic mass is 32.2. The van der Waals surface area contributed by atoms with Gasteiger partial charge in [0, 0.05) is 17.7 Å². The zero-order chi connectivity index (χ0) is 43.5. The predicted octanol–water partition coefficient (Wildman–Crippen LogP) is 6.40. The van der Waals surface area contributed by atoms with E-state index in [-0.39, 0.29) is 53.7 Å². The van der Waals surface area contributed by atoms with Crippen LogP contribution in [0, 0.1) is 5.92 Å². The van der Waals surface area contributed by atoms with Gasteiger partial charge in [-0.15, -0.1) is 0 Å². The molecular weight excluding hydrogens is 813 g/mol. The van der Waals surface area contributed by atoms with Crippen molar-refractivity contribution < 1.29 is 50.6 Å². The molecule has 332 valence electrons. The van der Waals surface area contributed by atoms with Gasteiger partial charge in [0.1, 0.15) is 35.1 Å². The van der Waals surface area contributed by atoms with Crippen molar-refractivity contribution in [2.45, 2.75) is 163 Å². The zero-order valence-corrected chi connectivity index (χ0v) is 36.1. The molecule has 1 saturated heterocycles. The molecule has 1 aromatic carbocycles. The monoisotopic (exact) mass is 869 g/mol. The Morgan fingerprint density at radius 2 is 1.77 bits per heavy atom. The highest BCUT2D eigenvalue weighted by Crippen LogP contribution is 2.55. The minimum Gasteiger partial charge on any atom is -0.497 e. The number of rotatable bonds is 7. The van der Waals surface area contributed by atoms with Gasteiger partial charge in [0.05, 0.1) is 41.6 Å². The van der Waals surface area contributed by atoms with Crippen LogP contribution in [0.1, 0.15) is 134 Å². The van der Waals surface area contributed by atoms with Crippen LogP contribution in [0.4, 0.5) is 13.6 Å². The van der Waals surface area contributed by atoms with Gasteiger partial charge in [0.15, 0.2) is 5.75 Å². The van der Waals surface area contributed by atoms with E-state index in [1.54, 1.807) is 19.1 Å². The number of carbonyl (C=O) groups excluding carboxylic acids is 4. The third-order valence-electron chi connectivity index (χ3n) is 13.9. The quantitative estimate of drug-likeness (QED) is 0.264. The van der Waals surface area contributed by atoms with Gasteiger partial charge >= 0.3 is 6.09 Å². The van der Waals surface area contributed by atoms with Crippen molar-refractivity contribution in [1.82, 2.24) is 25.2 Å². The van der Waals surface area contributed by atoms with E-state index in [0.717, 1.165) is 19.3 Å². The molecular formula is C44H57F2N5O9S. The summed E-state index contributed by atoms with van der Waals surface area (Å²) in [6.45, 7) is 4.74. The lowest BCUT2D eigenvalue weighted by Gasteiger charge is -2.48. The molecule has 0 radical (unpaired) electrons. The number of alkyl halides is 2. The number of nitrogens with one attached hydrogen (secondary N) is 3. The lowest BCUT2D eigenvalue weighted by Crippen LogP contribution is -2.70. The molecule has 17 heteroatoms. The van der Waals surface area contributed by atoms with Crippen molar-refractivity contribution in [2.75, 3.05) is 13.7 Å². The Hall–Kier alpha value is -4.54. The smallest absolute Gasteiger partial charge is 0.408 e. The summed E-state index contributed by atoms with van der Waals surface area (Å²) in [4.78, 5) is 63.4. The van der Waals surface area contributed by atoms with Gasteiger partial charge in [-0.25, -0.2) is 27.0 Å². The van der Waals surface area contributed by atoms with E-state index in [4.69, 9.17) is 19.2 Å². The number of allylic oxidation sites excluding steroid dienone is 1. The van der Waals surface area contributed by atoms with Crippen LogP contribution < -0.4 is 24.8 Å². The lowest BCUT2D eigenvalue weighted by molar-refractivity contribution is -0.145. The second-order valence-corrected chi connectivity index (χ2v) is 20.9. The van der Waals surface area contributed by atoms with Gasteiger partial charge in [0.25, 0.3) is 11.8 Å². The number of nitrogens with zero attached hydrogens (tertiary/aromatic N) is 2. The normalized spacial score (nSPS) is 30.4. The molecule has 6 aliphatic rings. The lowest BCUT2D eigenvalue weighted by atomic mass is 9.65. The number of methoxy groups -OCH3 is 1. The maximum absolute atomic E-state index is 17.1. The Balaban J connectivity index is 1.19. The minimum atomic E-state index is -4.10. The SMILES string of the molecule is COc1ccc2nc(C(C)C)c3c(c2c1)C(F)(F)C[C@]1(C[C@H]2C(=O)N[C@]4(C(=O)NS(=O)(=O)C5(C)CC5)CC[C@H]4/C=C\CCCCC[C@H](NC(=O)OC4CCCC4)C(=O)N2C1)O3. The van der Waals surface area contributed by atoms with Crippen molar-refractivity contribution in [3.8, 4) is 11.5 Å². The van der Waals surface area contributed by atoms with Crippen LogP contribution in [0.25, 0.3) is 10.9 Å². The van der Waals surface area contributed by atoms with Crippen LogP contribution in [0.3, 0.4) is 0 Å². The summed E-state index contributed by atoms with van der Waals surface area (Å²) in [6.07, 6.45) is 8.74. The Morgan fingerprint density at radius 1 is 1.03 bits per heavy atom. The number of hydrogen-bond donors (Lipinski definition) is 3. The van der Waals surface area contributed by atoms with Crippen molar-refractivity contribution in [2.24, 2.45) is 5.92 Å². The summed E-state index contributed by atoms with van der Waals surface area (Å²) in [6, 6.07) is 2.14. The molecule has 3 aliphatic carbocycles. The molecule has 3 saturated carbocycles. The van der Waals surface area contributed by atoms with E-state index in [2.05, 4.69) is 15.4 Å². The number of aromatic nitrogens is 1. The fraction of sp³-hybridized carbons (Fsp3) is 0.659. The Morgan fingerprint density at radius 3 is 2.44 bits per heavy atom. The van der Waals surface area contributed by atoms with Gasteiger partial charge in [-0.2, -0.15) is 0 Å². The van der Waals surface area contributed by atoms with Crippen LogP contribution in [0.15, 0.2) is 30.4 Å². The summed E-state index contributed by atoms with van der Waals surface area (Å²) in [5.41, 5.74) is -3.25. The number of sulfonamides is 1. The van der Waals surface area contributed by atoms with E-state index in [9.17, 15) is 27.6 Å². The molecule has 4 heterocycles. The van der Waals surface area contributed by atoms with Crippen molar-refractivity contribution in [1.29, 1.82) is 0 Å². The number of halogens is 2. The van der Waals surface area contributed by atoms with E-state index in [1.165, 1.54) is 18.1 Å². The van der Waals surface area contributed by atoms with Gasteiger partial charge in [0.2, 0.25) is 21.8 Å². The summed E-state index contributed by atoms with van der Waals surface area (Å²) >= 11 is 0. The summed E-state index contributed by atoms with van der Waals surface area (Å²) in [7, 11) is -2.67. The topological polar surface area (TPSA) is 182 Å². The number of pyridine rings is 1. The van der Waals surface area contributed by atoms with Crippen molar-refractivity contribution >= 4 is 44.7 Å². The third kappa shape index (κ3) is 8.03. The van der Waals surface area contributed by atoms with Crippen molar-refractivity contribution in [3.63, 3.8) is 0 Å². The first-order valence-corrected chi connectivity index (χ1v) is 23.3. The predicted molar refractivity (Wildman–Crippen MR) is 221 cm³/mol. The molecule has 4 fully saturated rings. The van der Waals surface area contributed by atoms with Crippen LogP contribution in [-0.2, 0) is 35.1 Å². The number of ether oxygens (including phenoxy) is 3.